The fourth-order valence-corrected chi connectivity index (χ4v) is 5.26. The van der Waals surface area contributed by atoms with E-state index >= 15 is 0 Å². The van der Waals surface area contributed by atoms with Crippen molar-refractivity contribution in [3.8, 4) is 0 Å². The van der Waals surface area contributed by atoms with E-state index in [-0.39, 0.29) is 0 Å². The molecule has 0 aromatic carbocycles. The Balaban J connectivity index is 1.26. The lowest BCUT2D eigenvalue weighted by molar-refractivity contribution is 0.206. The Morgan fingerprint density at radius 2 is 2.17 bits per heavy atom. The summed E-state index contributed by atoms with van der Waals surface area (Å²) in [5.41, 5.74) is 4.71. The van der Waals surface area contributed by atoms with E-state index in [1.54, 1.807) is 0 Å². The molecule has 2 unspecified atom stereocenters. The number of nitrogens with zero attached hydrogens (tertiary/aromatic N) is 6. The number of imidazole rings is 1. The first-order valence-corrected chi connectivity index (χ1v) is 10.7. The van der Waals surface area contributed by atoms with E-state index < -0.39 is 0 Å². The molecule has 0 saturated carbocycles. The quantitative estimate of drug-likeness (QED) is 0.737. The van der Waals surface area contributed by atoms with Crippen LogP contribution < -0.4 is 10.2 Å². The van der Waals surface area contributed by atoms with Crippen LogP contribution in [0.15, 0.2) is 36.8 Å². The maximum atomic E-state index is 4.91. The molecule has 0 bridgehead atoms. The number of hydrogen-bond acceptors (Lipinski definition) is 6. The summed E-state index contributed by atoms with van der Waals surface area (Å²) >= 11 is 0. The Morgan fingerprint density at radius 1 is 1.21 bits per heavy atom. The van der Waals surface area contributed by atoms with Crippen LogP contribution in [0.4, 0.5) is 5.95 Å². The van der Waals surface area contributed by atoms with Crippen LogP contribution in [0.5, 0.6) is 0 Å². The molecule has 0 amide bonds. The predicted octanol–water partition coefficient (Wildman–Crippen LogP) is 2.04. The third kappa shape index (κ3) is 2.91. The van der Waals surface area contributed by atoms with Crippen molar-refractivity contribution in [3.05, 3.63) is 53.7 Å². The maximum Gasteiger partial charge on any atom is 0.211 e. The van der Waals surface area contributed by atoms with Crippen LogP contribution >= 0.6 is 0 Å². The van der Waals surface area contributed by atoms with Gasteiger partial charge in [-0.3, -0.25) is 14.3 Å². The van der Waals surface area contributed by atoms with Gasteiger partial charge in [0.1, 0.15) is 5.65 Å². The van der Waals surface area contributed by atoms with Gasteiger partial charge in [-0.15, -0.1) is 0 Å². The fraction of sp³-hybridized carbons (Fsp3) is 0.500. The first kappa shape index (κ1) is 17.4. The van der Waals surface area contributed by atoms with Gasteiger partial charge in [0.15, 0.2) is 0 Å². The molecule has 1 N–H and O–H groups in total. The summed E-state index contributed by atoms with van der Waals surface area (Å²) in [5, 5.41) is 3.52. The molecule has 3 atom stereocenters. The number of pyridine rings is 1. The number of rotatable bonds is 4. The second-order valence-corrected chi connectivity index (χ2v) is 8.76. The Kier molecular flexibility index (Phi) is 4.06. The van der Waals surface area contributed by atoms with Gasteiger partial charge in [0.2, 0.25) is 5.95 Å². The molecular formula is C22H27N7. The molecule has 2 fully saturated rings. The maximum absolute atomic E-state index is 4.91. The monoisotopic (exact) mass is 389 g/mol. The number of anilines is 1. The number of aryl methyl sites for hydroxylation is 1. The van der Waals surface area contributed by atoms with Crippen molar-refractivity contribution in [2.75, 3.05) is 31.6 Å². The third-order valence-corrected chi connectivity index (χ3v) is 6.89. The normalized spacial score (nSPS) is 25.9. The van der Waals surface area contributed by atoms with Crippen LogP contribution in [-0.4, -0.2) is 57.0 Å². The Morgan fingerprint density at radius 3 is 3.00 bits per heavy atom. The highest BCUT2D eigenvalue weighted by Gasteiger charge is 2.40. The summed E-state index contributed by atoms with van der Waals surface area (Å²) in [6, 6.07) is 7.27. The molecule has 0 radical (unpaired) electrons. The minimum absolute atomic E-state index is 0.364. The van der Waals surface area contributed by atoms with Gasteiger partial charge in [0.05, 0.1) is 17.4 Å². The third-order valence-electron chi connectivity index (χ3n) is 6.89. The van der Waals surface area contributed by atoms with Crippen LogP contribution in [0, 0.1) is 5.92 Å². The Bertz CT molecular complexity index is 1030. The topological polar surface area (TPSA) is 61.6 Å². The number of hydrogen-bond donors (Lipinski definition) is 1. The van der Waals surface area contributed by atoms with Crippen LogP contribution in [0.2, 0.25) is 0 Å². The molecule has 2 saturated heterocycles. The van der Waals surface area contributed by atoms with Gasteiger partial charge in [-0.25, -0.2) is 9.97 Å². The zero-order valence-electron chi connectivity index (χ0n) is 16.8. The highest BCUT2D eigenvalue weighted by atomic mass is 15.3. The molecule has 0 spiro atoms. The number of fused-ring (bicyclic) bond motifs is 3. The van der Waals surface area contributed by atoms with Gasteiger partial charge in [0, 0.05) is 56.7 Å². The summed E-state index contributed by atoms with van der Waals surface area (Å²) in [6.45, 7) is 4.07. The highest BCUT2D eigenvalue weighted by Crippen LogP contribution is 2.33. The Labute approximate surface area is 170 Å². The first-order chi connectivity index (χ1) is 14.3. The van der Waals surface area contributed by atoms with E-state index in [1.807, 2.05) is 18.5 Å². The van der Waals surface area contributed by atoms with Crippen LogP contribution in [0.25, 0.3) is 5.65 Å². The molecule has 150 valence electrons. The van der Waals surface area contributed by atoms with Gasteiger partial charge < -0.3 is 10.2 Å². The van der Waals surface area contributed by atoms with Crippen molar-refractivity contribution in [2.45, 2.75) is 37.9 Å². The van der Waals surface area contributed by atoms with E-state index in [0.29, 0.717) is 12.1 Å². The molecule has 5 heterocycles. The molecule has 3 aromatic rings. The Hall–Kier alpha value is -2.51. The summed E-state index contributed by atoms with van der Waals surface area (Å²) in [5.74, 6) is 1.78. The minimum Gasteiger partial charge on any atom is -0.340 e. The van der Waals surface area contributed by atoms with E-state index in [0.717, 1.165) is 62.2 Å². The standard InChI is InChI=1S/C22H27N7/c1-27(19-6-2-4-15-5-3-8-23-21(15)19)12-17-13-29-20(26-17)7-9-24-22(29)28-11-16-10-25-18(16)14-28/h3,5,7-9,13,16,18-19,25H,2,4,6,10-12,14H2,1H3/t16?,18?,19-/m0/s1. The minimum atomic E-state index is 0.364. The van der Waals surface area contributed by atoms with E-state index in [1.165, 1.54) is 17.7 Å². The van der Waals surface area contributed by atoms with E-state index in [9.17, 15) is 0 Å². The highest BCUT2D eigenvalue weighted by molar-refractivity contribution is 5.49. The molecule has 29 heavy (non-hydrogen) atoms. The van der Waals surface area contributed by atoms with Crippen molar-refractivity contribution in [3.63, 3.8) is 0 Å². The fourth-order valence-electron chi connectivity index (χ4n) is 5.26. The zero-order valence-corrected chi connectivity index (χ0v) is 16.8. The van der Waals surface area contributed by atoms with Crippen molar-refractivity contribution in [2.24, 2.45) is 5.92 Å². The van der Waals surface area contributed by atoms with Crippen molar-refractivity contribution in [1.29, 1.82) is 0 Å². The lowest BCUT2D eigenvalue weighted by Crippen LogP contribution is -2.51. The van der Waals surface area contributed by atoms with Crippen LogP contribution in [0.3, 0.4) is 0 Å². The number of aromatic nitrogens is 4. The van der Waals surface area contributed by atoms with Gasteiger partial charge in [-0.2, -0.15) is 0 Å². The van der Waals surface area contributed by atoms with Crippen molar-refractivity contribution < 1.29 is 0 Å². The lowest BCUT2D eigenvalue weighted by Gasteiger charge is -2.31. The van der Waals surface area contributed by atoms with Gasteiger partial charge in [0.25, 0.3) is 0 Å². The molecule has 7 heteroatoms. The predicted molar refractivity (Wildman–Crippen MR) is 112 cm³/mol. The van der Waals surface area contributed by atoms with Gasteiger partial charge in [-0.05, 0) is 44.0 Å². The number of nitrogens with one attached hydrogen (secondary N) is 1. The summed E-state index contributed by atoms with van der Waals surface area (Å²) in [7, 11) is 2.20. The van der Waals surface area contributed by atoms with Crippen molar-refractivity contribution in [1.82, 2.24) is 29.6 Å². The largest absolute Gasteiger partial charge is 0.340 e. The van der Waals surface area contributed by atoms with Crippen molar-refractivity contribution >= 4 is 11.6 Å². The van der Waals surface area contributed by atoms with E-state index in [2.05, 4.69) is 44.9 Å². The van der Waals surface area contributed by atoms with Crippen LogP contribution in [-0.2, 0) is 13.0 Å². The van der Waals surface area contributed by atoms with Gasteiger partial charge in [-0.1, -0.05) is 6.07 Å². The SMILES string of the molecule is CN(Cc1cn2c(N3CC4CNC4C3)nccc2n1)[C@H]1CCCc2cccnc21. The average molecular weight is 390 g/mol. The molecule has 2 aliphatic heterocycles. The second-order valence-electron chi connectivity index (χ2n) is 8.76. The van der Waals surface area contributed by atoms with Gasteiger partial charge >= 0.3 is 0 Å². The average Bonchev–Trinajstić information content (AvgIpc) is 3.27. The summed E-state index contributed by atoms with van der Waals surface area (Å²) < 4.78 is 2.17. The second kappa shape index (κ2) is 6.78. The smallest absolute Gasteiger partial charge is 0.211 e. The molecule has 6 rings (SSSR count). The molecular weight excluding hydrogens is 362 g/mol. The molecule has 3 aromatic heterocycles. The molecule has 7 nitrogen and oxygen atoms in total. The molecule has 1 aliphatic carbocycles. The zero-order chi connectivity index (χ0) is 19.4. The summed E-state index contributed by atoms with van der Waals surface area (Å²) in [6.07, 6.45) is 9.50. The van der Waals surface area contributed by atoms with Crippen LogP contribution in [0.1, 0.15) is 35.8 Å². The van der Waals surface area contributed by atoms with E-state index in [4.69, 9.17) is 15.0 Å². The summed E-state index contributed by atoms with van der Waals surface area (Å²) in [4.78, 5) is 19.1. The molecule has 3 aliphatic rings. The first-order valence-electron chi connectivity index (χ1n) is 10.7. The lowest BCUT2D eigenvalue weighted by atomic mass is 9.91.